The first kappa shape index (κ1) is 20.2. The molecule has 0 saturated heterocycles. The van der Waals surface area contributed by atoms with Crippen molar-refractivity contribution < 1.29 is 23.4 Å². The zero-order valence-corrected chi connectivity index (χ0v) is 14.9. The van der Waals surface area contributed by atoms with Crippen LogP contribution in [-0.2, 0) is 14.8 Å². The van der Waals surface area contributed by atoms with Crippen molar-refractivity contribution in [1.29, 1.82) is 0 Å². The third-order valence-corrected chi connectivity index (χ3v) is 5.76. The molecule has 0 bridgehead atoms. The second-order valence-electron chi connectivity index (χ2n) is 5.74. The number of aliphatic hydroxyl groups is 1. The first-order chi connectivity index (χ1) is 11.2. The fraction of sp³-hybridized carbons (Fsp3) is 0.471. The summed E-state index contributed by atoms with van der Waals surface area (Å²) in [6.45, 7) is 5.61. The van der Waals surface area contributed by atoms with E-state index in [2.05, 4.69) is 6.58 Å². The van der Waals surface area contributed by atoms with E-state index in [1.807, 2.05) is 6.92 Å². The summed E-state index contributed by atoms with van der Waals surface area (Å²) in [4.78, 5) is 11.6. The molecule has 0 saturated carbocycles. The van der Waals surface area contributed by atoms with Gasteiger partial charge in [-0.1, -0.05) is 37.1 Å². The molecule has 0 radical (unpaired) electrons. The number of carboxylic acids is 1. The zero-order chi connectivity index (χ0) is 18.3. The molecule has 0 amide bonds. The van der Waals surface area contributed by atoms with Gasteiger partial charge in [-0.25, -0.2) is 8.42 Å². The molecule has 2 N–H and O–H groups in total. The first-order valence-electron chi connectivity index (χ1n) is 7.80. The highest BCUT2D eigenvalue weighted by Crippen LogP contribution is 2.26. The Hall–Kier alpha value is -1.86. The molecular formula is C17H25NO5S. The highest BCUT2D eigenvalue weighted by molar-refractivity contribution is 7.89. The molecule has 1 unspecified atom stereocenters. The second-order valence-corrected chi connectivity index (χ2v) is 7.71. The quantitative estimate of drug-likeness (QED) is 0.628. The van der Waals surface area contributed by atoms with Crippen molar-refractivity contribution >= 4 is 16.0 Å². The number of benzene rings is 1. The predicted octanol–water partition coefficient (Wildman–Crippen LogP) is 2.38. The van der Waals surface area contributed by atoms with Crippen molar-refractivity contribution in [2.75, 3.05) is 13.7 Å². The van der Waals surface area contributed by atoms with Gasteiger partial charge in [0, 0.05) is 19.4 Å². The van der Waals surface area contributed by atoms with Crippen molar-refractivity contribution in [3.8, 4) is 0 Å². The van der Waals surface area contributed by atoms with Gasteiger partial charge in [0.1, 0.15) is 0 Å². The summed E-state index contributed by atoms with van der Waals surface area (Å²) < 4.78 is 26.2. The maximum atomic E-state index is 12.6. The Kier molecular flexibility index (Phi) is 7.44. The van der Waals surface area contributed by atoms with Crippen LogP contribution in [0.5, 0.6) is 0 Å². The molecule has 24 heavy (non-hydrogen) atoms. The van der Waals surface area contributed by atoms with Crippen molar-refractivity contribution in [3.05, 3.63) is 42.1 Å². The molecule has 1 aromatic carbocycles. The van der Waals surface area contributed by atoms with Crippen LogP contribution in [0.3, 0.4) is 0 Å². The van der Waals surface area contributed by atoms with E-state index in [0.717, 1.165) is 9.87 Å². The standard InChI is InChI=1S/C17H25NO5S/c1-13-8-10-15(11-9-13)24(22,23)18(3)14(2)16(17(20)21)7-5-4-6-12-19/h8-11,16,19H,2,4-7,12H2,1,3H3,(H,20,21). The Morgan fingerprint density at radius 3 is 2.29 bits per heavy atom. The molecule has 7 heteroatoms. The maximum absolute atomic E-state index is 12.6. The monoisotopic (exact) mass is 355 g/mol. The number of aliphatic hydroxyl groups excluding tert-OH is 1. The van der Waals surface area contributed by atoms with Gasteiger partial charge in [0.25, 0.3) is 10.0 Å². The molecule has 0 spiro atoms. The van der Waals surface area contributed by atoms with E-state index in [1.165, 1.54) is 19.2 Å². The molecular weight excluding hydrogens is 330 g/mol. The van der Waals surface area contributed by atoms with Crippen LogP contribution in [0.25, 0.3) is 0 Å². The van der Waals surface area contributed by atoms with E-state index in [4.69, 9.17) is 5.11 Å². The molecule has 0 heterocycles. The molecule has 0 fully saturated rings. The minimum atomic E-state index is -3.84. The molecule has 6 nitrogen and oxygen atoms in total. The van der Waals surface area contributed by atoms with Crippen molar-refractivity contribution in [3.63, 3.8) is 0 Å². The first-order valence-corrected chi connectivity index (χ1v) is 9.24. The number of rotatable bonds is 10. The van der Waals surface area contributed by atoms with Crippen LogP contribution >= 0.6 is 0 Å². The summed E-state index contributed by atoms with van der Waals surface area (Å²) in [5.74, 6) is -2.08. The van der Waals surface area contributed by atoms with E-state index < -0.39 is 21.9 Å². The lowest BCUT2D eigenvalue weighted by Gasteiger charge is -2.26. The van der Waals surface area contributed by atoms with E-state index in [-0.39, 0.29) is 23.6 Å². The third kappa shape index (κ3) is 5.07. The van der Waals surface area contributed by atoms with Gasteiger partial charge >= 0.3 is 5.97 Å². The summed E-state index contributed by atoms with van der Waals surface area (Å²) in [5.41, 5.74) is 0.967. The minimum absolute atomic E-state index is 0.0343. The molecule has 134 valence electrons. The Labute approximate surface area is 143 Å². The number of aryl methyl sites for hydroxylation is 1. The lowest BCUT2D eigenvalue weighted by Crippen LogP contribution is -2.32. The van der Waals surface area contributed by atoms with Crippen LogP contribution in [0.15, 0.2) is 41.4 Å². The Balaban J connectivity index is 2.92. The fourth-order valence-corrected chi connectivity index (χ4v) is 3.54. The van der Waals surface area contributed by atoms with E-state index in [9.17, 15) is 18.3 Å². The van der Waals surface area contributed by atoms with Gasteiger partial charge in [0.05, 0.1) is 10.8 Å². The molecule has 0 aromatic heterocycles. The van der Waals surface area contributed by atoms with Crippen LogP contribution in [0.2, 0.25) is 0 Å². The molecule has 0 aliphatic heterocycles. The van der Waals surface area contributed by atoms with Crippen molar-refractivity contribution in [2.45, 2.75) is 37.5 Å². The smallest absolute Gasteiger partial charge is 0.312 e. The minimum Gasteiger partial charge on any atom is -0.481 e. The number of hydrogen-bond donors (Lipinski definition) is 2. The maximum Gasteiger partial charge on any atom is 0.312 e. The Morgan fingerprint density at radius 2 is 1.79 bits per heavy atom. The van der Waals surface area contributed by atoms with Gasteiger partial charge in [0.2, 0.25) is 0 Å². The molecule has 1 aromatic rings. The summed E-state index contributed by atoms with van der Waals surface area (Å²) in [6, 6.07) is 6.36. The average molecular weight is 355 g/mol. The van der Waals surface area contributed by atoms with Crippen LogP contribution in [0.4, 0.5) is 0 Å². The zero-order valence-electron chi connectivity index (χ0n) is 14.1. The number of sulfonamides is 1. The van der Waals surface area contributed by atoms with Gasteiger partial charge in [0.15, 0.2) is 0 Å². The van der Waals surface area contributed by atoms with Crippen LogP contribution in [-0.4, -0.2) is 42.6 Å². The highest BCUT2D eigenvalue weighted by atomic mass is 32.2. The average Bonchev–Trinajstić information content (AvgIpc) is 2.53. The lowest BCUT2D eigenvalue weighted by molar-refractivity contribution is -0.141. The number of hydrogen-bond acceptors (Lipinski definition) is 4. The molecule has 1 rings (SSSR count). The number of carboxylic acid groups (broad SMARTS) is 1. The van der Waals surface area contributed by atoms with Gasteiger partial charge in [-0.05, 0) is 31.9 Å². The molecule has 0 aliphatic rings. The third-order valence-electron chi connectivity index (χ3n) is 3.94. The summed E-state index contributed by atoms with van der Waals surface area (Å²) in [6.07, 6.45) is 2.13. The highest BCUT2D eigenvalue weighted by Gasteiger charge is 2.30. The topological polar surface area (TPSA) is 94.9 Å². The van der Waals surface area contributed by atoms with Gasteiger partial charge in [-0.3, -0.25) is 9.10 Å². The predicted molar refractivity (Wildman–Crippen MR) is 91.9 cm³/mol. The van der Waals surface area contributed by atoms with Crippen LogP contribution in [0, 0.1) is 12.8 Å². The lowest BCUT2D eigenvalue weighted by atomic mass is 9.98. The normalized spacial score (nSPS) is 12.6. The van der Waals surface area contributed by atoms with E-state index in [0.29, 0.717) is 19.3 Å². The number of unbranched alkanes of at least 4 members (excludes halogenated alkanes) is 2. The fourth-order valence-electron chi connectivity index (χ4n) is 2.31. The van der Waals surface area contributed by atoms with Crippen molar-refractivity contribution in [1.82, 2.24) is 4.31 Å². The van der Waals surface area contributed by atoms with Crippen LogP contribution in [0.1, 0.15) is 31.2 Å². The number of aliphatic carboxylic acids is 1. The molecule has 0 aliphatic carbocycles. The van der Waals surface area contributed by atoms with Gasteiger partial charge in [-0.15, -0.1) is 0 Å². The largest absolute Gasteiger partial charge is 0.481 e. The van der Waals surface area contributed by atoms with E-state index in [1.54, 1.807) is 12.1 Å². The SMILES string of the molecule is C=C(C(CCCCCO)C(=O)O)N(C)S(=O)(=O)c1ccc(C)cc1. The summed E-state index contributed by atoms with van der Waals surface area (Å²) >= 11 is 0. The van der Waals surface area contributed by atoms with Gasteiger partial charge in [-0.2, -0.15) is 0 Å². The number of carbonyl (C=O) groups is 1. The second kappa shape index (κ2) is 8.84. The van der Waals surface area contributed by atoms with Crippen LogP contribution < -0.4 is 0 Å². The Bertz CT molecular complexity index is 667. The number of nitrogens with zero attached hydrogens (tertiary/aromatic N) is 1. The summed E-state index contributed by atoms with van der Waals surface area (Å²) in [5, 5.41) is 18.2. The van der Waals surface area contributed by atoms with E-state index >= 15 is 0 Å². The van der Waals surface area contributed by atoms with Gasteiger partial charge < -0.3 is 10.2 Å². The Morgan fingerprint density at radius 1 is 1.21 bits per heavy atom. The van der Waals surface area contributed by atoms with Crippen molar-refractivity contribution in [2.24, 2.45) is 5.92 Å². The summed E-state index contributed by atoms with van der Waals surface area (Å²) in [7, 11) is -2.52. The molecule has 1 atom stereocenters.